The van der Waals surface area contributed by atoms with Crippen LogP contribution in [0.2, 0.25) is 0 Å². The first-order chi connectivity index (χ1) is 16.1. The Bertz CT molecular complexity index is 1500. The molecule has 0 bridgehead atoms. The summed E-state index contributed by atoms with van der Waals surface area (Å²) < 4.78 is 9.04. The lowest BCUT2D eigenvalue weighted by molar-refractivity contribution is 0.126. The highest BCUT2D eigenvalue weighted by Crippen LogP contribution is 2.29. The molecule has 5 rings (SSSR count). The first-order valence-electron chi connectivity index (χ1n) is 10.5. The van der Waals surface area contributed by atoms with Gasteiger partial charge in [0.2, 0.25) is 0 Å². The van der Waals surface area contributed by atoms with Crippen LogP contribution >= 0.6 is 0 Å². The average molecular weight is 441 g/mol. The lowest BCUT2D eigenvalue weighted by Crippen LogP contribution is -2.02. The third-order valence-corrected chi connectivity index (χ3v) is 5.58. The summed E-state index contributed by atoms with van der Waals surface area (Å²) >= 11 is 0. The fraction of sp³-hybridized carbons (Fsp3) is 0.208. The second kappa shape index (κ2) is 8.34. The van der Waals surface area contributed by atoms with Crippen LogP contribution in [0, 0.1) is 20.8 Å². The van der Waals surface area contributed by atoms with E-state index in [-0.39, 0.29) is 6.61 Å². The molecule has 0 saturated carbocycles. The summed E-state index contributed by atoms with van der Waals surface area (Å²) in [5.41, 5.74) is 5.43. The molecule has 0 spiro atoms. The average Bonchev–Trinajstić information content (AvgIpc) is 3.35. The van der Waals surface area contributed by atoms with Gasteiger partial charge in [0, 0.05) is 17.0 Å². The number of oxime groups is 1. The lowest BCUT2D eigenvalue weighted by atomic mass is 10.2. The van der Waals surface area contributed by atoms with E-state index in [1.807, 2.05) is 49.4 Å². The van der Waals surface area contributed by atoms with Gasteiger partial charge in [-0.05, 0) is 50.6 Å². The molecule has 0 N–H and O–H groups in total. The topological polar surface area (TPSA) is 91.7 Å². The van der Waals surface area contributed by atoms with Crippen LogP contribution in [0.15, 0.2) is 53.9 Å². The number of para-hydroxylation sites is 1. The molecule has 0 saturated heterocycles. The van der Waals surface area contributed by atoms with Gasteiger partial charge >= 0.3 is 0 Å². The Morgan fingerprint density at radius 1 is 1.00 bits per heavy atom. The maximum absolute atomic E-state index is 5.45. The fourth-order valence-electron chi connectivity index (χ4n) is 3.86. The van der Waals surface area contributed by atoms with Crippen LogP contribution in [0.3, 0.4) is 0 Å². The van der Waals surface area contributed by atoms with Gasteiger partial charge in [-0.25, -0.2) is 19.5 Å². The van der Waals surface area contributed by atoms with Crippen LogP contribution in [0.4, 0.5) is 0 Å². The van der Waals surface area contributed by atoms with Crippen LogP contribution in [-0.2, 0) is 11.4 Å². The van der Waals surface area contributed by atoms with E-state index in [0.717, 1.165) is 50.8 Å². The van der Waals surface area contributed by atoms with Gasteiger partial charge in [0.1, 0.15) is 17.9 Å². The molecule has 1 aromatic carbocycles. The van der Waals surface area contributed by atoms with Gasteiger partial charge in [-0.1, -0.05) is 23.4 Å². The van der Waals surface area contributed by atoms with E-state index < -0.39 is 0 Å². The number of fused-ring (bicyclic) bond motifs is 3. The molecule has 0 aliphatic carbocycles. The Morgan fingerprint density at radius 2 is 1.85 bits per heavy atom. The second-order valence-electron chi connectivity index (χ2n) is 7.67. The smallest absolute Gasteiger partial charge is 0.192 e. The van der Waals surface area contributed by atoms with Crippen molar-refractivity contribution in [3.8, 4) is 11.6 Å². The van der Waals surface area contributed by atoms with E-state index in [4.69, 9.17) is 14.6 Å². The predicted molar refractivity (Wildman–Crippen MR) is 125 cm³/mol. The Hall–Kier alpha value is -4.27. The van der Waals surface area contributed by atoms with E-state index in [0.29, 0.717) is 5.82 Å². The standard InChI is InChI=1S/C24H23N7O2/c1-15-8-7-11-21(27-15)31-17(3)16(2)22-23(31)25-14-30-24(22)28-20(29-30)13-33-26-12-18-9-5-6-10-19(18)32-4/h5-12,14H,13H2,1-4H3/b26-12-. The Kier molecular flexibility index (Phi) is 5.21. The maximum atomic E-state index is 5.45. The summed E-state index contributed by atoms with van der Waals surface area (Å²) in [4.78, 5) is 19.5. The van der Waals surface area contributed by atoms with Gasteiger partial charge in [0.15, 0.2) is 23.7 Å². The molecule has 33 heavy (non-hydrogen) atoms. The molecule has 0 unspecified atom stereocenters. The van der Waals surface area contributed by atoms with Gasteiger partial charge in [0.25, 0.3) is 0 Å². The minimum Gasteiger partial charge on any atom is -0.496 e. The van der Waals surface area contributed by atoms with Crippen LogP contribution < -0.4 is 4.74 Å². The summed E-state index contributed by atoms with van der Waals surface area (Å²) in [6.45, 7) is 6.23. The molecule has 4 heterocycles. The quantitative estimate of drug-likeness (QED) is 0.293. The van der Waals surface area contributed by atoms with E-state index in [1.54, 1.807) is 24.2 Å². The number of methoxy groups -OCH3 is 1. The zero-order chi connectivity index (χ0) is 22.9. The van der Waals surface area contributed by atoms with Crippen LogP contribution in [-0.4, -0.2) is 42.5 Å². The van der Waals surface area contributed by atoms with Crippen molar-refractivity contribution in [3.05, 3.63) is 77.1 Å². The number of rotatable bonds is 6. The Balaban J connectivity index is 1.46. The van der Waals surface area contributed by atoms with Gasteiger partial charge in [0.05, 0.1) is 18.7 Å². The van der Waals surface area contributed by atoms with Crippen molar-refractivity contribution in [1.29, 1.82) is 0 Å². The Labute approximate surface area is 190 Å². The molecular weight excluding hydrogens is 418 g/mol. The SMILES string of the molecule is COc1ccccc1/C=N\OCc1nc2c3c(C)c(C)n(-c4cccc(C)n4)c3ncn2n1. The molecule has 0 atom stereocenters. The van der Waals surface area contributed by atoms with Crippen LogP contribution in [0.5, 0.6) is 5.75 Å². The van der Waals surface area contributed by atoms with Gasteiger partial charge in [-0.2, -0.15) is 0 Å². The molecule has 0 radical (unpaired) electrons. The Morgan fingerprint density at radius 3 is 2.67 bits per heavy atom. The number of pyridine rings is 1. The fourth-order valence-corrected chi connectivity index (χ4v) is 3.86. The molecule has 9 nitrogen and oxygen atoms in total. The number of aromatic nitrogens is 6. The van der Waals surface area contributed by atoms with Crippen LogP contribution in [0.25, 0.3) is 22.5 Å². The molecule has 166 valence electrons. The normalized spacial score (nSPS) is 11.6. The molecular formula is C24H23N7O2. The van der Waals surface area contributed by atoms with Gasteiger partial charge in [-0.3, -0.25) is 4.57 Å². The van der Waals surface area contributed by atoms with E-state index in [2.05, 4.69) is 38.6 Å². The summed E-state index contributed by atoms with van der Waals surface area (Å²) in [6, 6.07) is 13.5. The third kappa shape index (κ3) is 3.67. The lowest BCUT2D eigenvalue weighted by Gasteiger charge is -2.07. The number of ether oxygens (including phenoxy) is 1. The van der Waals surface area contributed by atoms with Crippen molar-refractivity contribution in [1.82, 2.24) is 29.1 Å². The molecule has 0 aliphatic rings. The number of hydrogen-bond donors (Lipinski definition) is 0. The van der Waals surface area contributed by atoms with Crippen molar-refractivity contribution in [2.45, 2.75) is 27.4 Å². The largest absolute Gasteiger partial charge is 0.496 e. The number of aryl methyl sites for hydroxylation is 2. The molecule has 9 heteroatoms. The number of benzene rings is 1. The maximum Gasteiger partial charge on any atom is 0.192 e. The minimum atomic E-state index is 0.132. The highest BCUT2D eigenvalue weighted by molar-refractivity contribution is 5.94. The first-order valence-corrected chi connectivity index (χ1v) is 10.5. The minimum absolute atomic E-state index is 0.132. The van der Waals surface area contributed by atoms with Crippen molar-refractivity contribution in [3.63, 3.8) is 0 Å². The van der Waals surface area contributed by atoms with Gasteiger partial charge < -0.3 is 9.57 Å². The highest BCUT2D eigenvalue weighted by Gasteiger charge is 2.19. The van der Waals surface area contributed by atoms with Crippen molar-refractivity contribution < 1.29 is 9.57 Å². The predicted octanol–water partition coefficient (Wildman–Crippen LogP) is 3.95. The van der Waals surface area contributed by atoms with Crippen LogP contribution in [0.1, 0.15) is 28.3 Å². The molecule has 4 aromatic heterocycles. The second-order valence-corrected chi connectivity index (χ2v) is 7.67. The summed E-state index contributed by atoms with van der Waals surface area (Å²) in [5, 5.41) is 9.48. The number of nitrogens with zero attached hydrogens (tertiary/aromatic N) is 7. The highest BCUT2D eigenvalue weighted by atomic mass is 16.6. The van der Waals surface area contributed by atoms with Gasteiger partial charge in [-0.15, -0.1) is 5.10 Å². The van der Waals surface area contributed by atoms with E-state index in [1.165, 1.54) is 0 Å². The summed E-state index contributed by atoms with van der Waals surface area (Å²) in [6.07, 6.45) is 3.27. The van der Waals surface area contributed by atoms with E-state index in [9.17, 15) is 0 Å². The summed E-state index contributed by atoms with van der Waals surface area (Å²) in [7, 11) is 1.62. The zero-order valence-electron chi connectivity index (χ0n) is 18.9. The van der Waals surface area contributed by atoms with Crippen molar-refractivity contribution >= 4 is 22.9 Å². The molecule has 0 aliphatic heterocycles. The zero-order valence-corrected chi connectivity index (χ0v) is 18.9. The first kappa shape index (κ1) is 20.6. The third-order valence-electron chi connectivity index (χ3n) is 5.58. The molecule has 0 amide bonds. The van der Waals surface area contributed by atoms with Crippen molar-refractivity contribution in [2.75, 3.05) is 7.11 Å². The monoisotopic (exact) mass is 441 g/mol. The molecule has 5 aromatic rings. The number of hydrogen-bond acceptors (Lipinski definition) is 7. The van der Waals surface area contributed by atoms with E-state index >= 15 is 0 Å². The summed E-state index contributed by atoms with van der Waals surface area (Å²) in [5.74, 6) is 2.07. The molecule has 0 fully saturated rings. The van der Waals surface area contributed by atoms with Crippen molar-refractivity contribution in [2.24, 2.45) is 5.16 Å².